The summed E-state index contributed by atoms with van der Waals surface area (Å²) in [4.78, 5) is 11.1. The van der Waals surface area contributed by atoms with Crippen LogP contribution in [0.3, 0.4) is 0 Å². The van der Waals surface area contributed by atoms with E-state index in [9.17, 15) is 13.2 Å². The van der Waals surface area contributed by atoms with Crippen LogP contribution in [0.15, 0.2) is 51.8 Å². The molecule has 0 saturated heterocycles. The van der Waals surface area contributed by atoms with Crippen molar-refractivity contribution in [1.29, 1.82) is 0 Å². The number of carboxylic acid groups (broad SMARTS) is 1. The van der Waals surface area contributed by atoms with Crippen LogP contribution in [0.25, 0.3) is 0 Å². The lowest BCUT2D eigenvalue weighted by Gasteiger charge is -2.10. The lowest BCUT2D eigenvalue weighted by atomic mass is 10.1. The average molecular weight is 369 g/mol. The van der Waals surface area contributed by atoms with Crippen LogP contribution in [-0.2, 0) is 15.6 Å². The van der Waals surface area contributed by atoms with Crippen molar-refractivity contribution in [1.82, 2.24) is 0 Å². The fraction of sp³-hybridized carbons (Fsp3) is 0.133. The fourth-order valence-electron chi connectivity index (χ4n) is 1.97. The molecular formula is C15H13BrO4S. The van der Waals surface area contributed by atoms with E-state index in [0.29, 0.717) is 15.6 Å². The second kappa shape index (κ2) is 5.99. The minimum Gasteiger partial charge on any atom is -0.478 e. The monoisotopic (exact) mass is 368 g/mol. The summed E-state index contributed by atoms with van der Waals surface area (Å²) in [6.07, 6.45) is 0. The van der Waals surface area contributed by atoms with Gasteiger partial charge in [0, 0.05) is 4.47 Å². The molecule has 2 rings (SSSR count). The van der Waals surface area contributed by atoms with E-state index in [1.165, 1.54) is 18.2 Å². The first kappa shape index (κ1) is 15.7. The zero-order chi connectivity index (χ0) is 15.6. The van der Waals surface area contributed by atoms with Crippen molar-refractivity contribution in [3.05, 3.63) is 63.6 Å². The van der Waals surface area contributed by atoms with Crippen molar-refractivity contribution < 1.29 is 18.3 Å². The Balaban J connectivity index is 2.47. The standard InChI is InChI=1S/C15H13BrO4S/c1-10-6-7-11(15(17)18)8-14(10)21(19,20)9-12-4-2-3-5-13(12)16/h2-8H,9H2,1H3,(H,17,18). The molecule has 0 unspecified atom stereocenters. The molecule has 0 amide bonds. The van der Waals surface area contributed by atoms with E-state index >= 15 is 0 Å². The van der Waals surface area contributed by atoms with Crippen LogP contribution in [0.5, 0.6) is 0 Å². The minimum absolute atomic E-state index is 0.0358. The summed E-state index contributed by atoms with van der Waals surface area (Å²) in [5.74, 6) is -1.33. The van der Waals surface area contributed by atoms with Crippen LogP contribution < -0.4 is 0 Å². The van der Waals surface area contributed by atoms with Gasteiger partial charge in [0.1, 0.15) is 0 Å². The largest absolute Gasteiger partial charge is 0.478 e. The number of aromatic carboxylic acids is 1. The summed E-state index contributed by atoms with van der Waals surface area (Å²) < 4.78 is 25.8. The Morgan fingerprint density at radius 1 is 1.19 bits per heavy atom. The molecule has 0 bridgehead atoms. The molecular weight excluding hydrogens is 356 g/mol. The molecule has 1 N–H and O–H groups in total. The Hall–Kier alpha value is -1.66. The van der Waals surface area contributed by atoms with Crippen molar-refractivity contribution >= 4 is 31.7 Å². The summed E-state index contributed by atoms with van der Waals surface area (Å²) in [5, 5.41) is 9.00. The first-order chi connectivity index (χ1) is 9.81. The van der Waals surface area contributed by atoms with Gasteiger partial charge in [-0.3, -0.25) is 0 Å². The van der Waals surface area contributed by atoms with Crippen molar-refractivity contribution in [3.8, 4) is 0 Å². The highest BCUT2D eigenvalue weighted by Crippen LogP contribution is 2.25. The molecule has 0 spiro atoms. The predicted octanol–water partition coefficient (Wildman–Crippen LogP) is 3.43. The number of aryl methyl sites for hydroxylation is 1. The van der Waals surface area contributed by atoms with Crippen molar-refractivity contribution in [2.75, 3.05) is 0 Å². The summed E-state index contributed by atoms with van der Waals surface area (Å²) in [7, 11) is -3.62. The molecule has 0 heterocycles. The SMILES string of the molecule is Cc1ccc(C(=O)O)cc1S(=O)(=O)Cc1ccccc1Br. The second-order valence-electron chi connectivity index (χ2n) is 4.64. The number of halogens is 1. The van der Waals surface area contributed by atoms with E-state index in [1.54, 1.807) is 31.2 Å². The fourth-order valence-corrected chi connectivity index (χ4v) is 4.26. The van der Waals surface area contributed by atoms with E-state index in [1.807, 2.05) is 0 Å². The molecule has 110 valence electrons. The highest BCUT2D eigenvalue weighted by Gasteiger charge is 2.20. The molecule has 0 saturated carbocycles. The van der Waals surface area contributed by atoms with Crippen LogP contribution in [0.1, 0.15) is 21.5 Å². The molecule has 0 fully saturated rings. The molecule has 0 atom stereocenters. The number of carboxylic acids is 1. The van der Waals surface area contributed by atoms with Gasteiger partial charge in [0.25, 0.3) is 0 Å². The number of hydrogen-bond acceptors (Lipinski definition) is 3. The van der Waals surface area contributed by atoms with Gasteiger partial charge < -0.3 is 5.11 Å². The summed E-state index contributed by atoms with van der Waals surface area (Å²) in [6.45, 7) is 1.65. The number of sulfone groups is 1. The molecule has 2 aromatic rings. The van der Waals surface area contributed by atoms with Gasteiger partial charge in [0.05, 0.1) is 16.2 Å². The van der Waals surface area contributed by atoms with Gasteiger partial charge in [-0.15, -0.1) is 0 Å². The Morgan fingerprint density at radius 2 is 1.86 bits per heavy atom. The minimum atomic E-state index is -3.62. The lowest BCUT2D eigenvalue weighted by molar-refractivity contribution is 0.0696. The van der Waals surface area contributed by atoms with Crippen molar-refractivity contribution in [2.24, 2.45) is 0 Å². The molecule has 6 heteroatoms. The zero-order valence-corrected chi connectivity index (χ0v) is 13.6. The molecule has 0 aliphatic rings. The van der Waals surface area contributed by atoms with Gasteiger partial charge in [0.2, 0.25) is 0 Å². The maximum absolute atomic E-state index is 12.5. The van der Waals surface area contributed by atoms with E-state index < -0.39 is 15.8 Å². The van der Waals surface area contributed by atoms with Crippen LogP contribution >= 0.6 is 15.9 Å². The number of carbonyl (C=O) groups is 1. The van der Waals surface area contributed by atoms with Crippen molar-refractivity contribution in [2.45, 2.75) is 17.6 Å². The van der Waals surface area contributed by atoms with Gasteiger partial charge >= 0.3 is 5.97 Å². The Morgan fingerprint density at radius 3 is 2.48 bits per heavy atom. The highest BCUT2D eigenvalue weighted by atomic mass is 79.9. The molecule has 4 nitrogen and oxygen atoms in total. The second-order valence-corrected chi connectivity index (χ2v) is 7.45. The van der Waals surface area contributed by atoms with E-state index in [0.717, 1.165) is 0 Å². The first-order valence-corrected chi connectivity index (χ1v) is 8.56. The summed E-state index contributed by atoms with van der Waals surface area (Å²) in [6, 6.07) is 11.2. The quantitative estimate of drug-likeness (QED) is 0.896. The Bertz CT molecular complexity index is 797. The van der Waals surface area contributed by atoms with Crippen LogP contribution in [0, 0.1) is 6.92 Å². The maximum atomic E-state index is 12.5. The maximum Gasteiger partial charge on any atom is 0.335 e. The predicted molar refractivity (Wildman–Crippen MR) is 83.2 cm³/mol. The van der Waals surface area contributed by atoms with Gasteiger partial charge in [-0.25, -0.2) is 13.2 Å². The normalized spacial score (nSPS) is 11.3. The highest BCUT2D eigenvalue weighted by molar-refractivity contribution is 9.10. The van der Waals surface area contributed by atoms with E-state index in [-0.39, 0.29) is 16.2 Å². The molecule has 0 aromatic heterocycles. The topological polar surface area (TPSA) is 71.4 Å². The summed E-state index contributed by atoms with van der Waals surface area (Å²) in [5.41, 5.74) is 1.14. The van der Waals surface area contributed by atoms with E-state index in [2.05, 4.69) is 15.9 Å². The third-order valence-corrected chi connectivity index (χ3v) is 5.65. The van der Waals surface area contributed by atoms with Crippen LogP contribution in [0.2, 0.25) is 0 Å². The van der Waals surface area contributed by atoms with Gasteiger partial charge in [-0.2, -0.15) is 0 Å². The average Bonchev–Trinajstić information content (AvgIpc) is 2.41. The smallest absolute Gasteiger partial charge is 0.335 e. The van der Waals surface area contributed by atoms with Crippen molar-refractivity contribution in [3.63, 3.8) is 0 Å². The molecule has 0 radical (unpaired) electrons. The summed E-state index contributed by atoms with van der Waals surface area (Å²) >= 11 is 3.32. The first-order valence-electron chi connectivity index (χ1n) is 6.11. The van der Waals surface area contributed by atoms with Crippen LogP contribution in [-0.4, -0.2) is 19.5 Å². The molecule has 0 aliphatic heterocycles. The third kappa shape index (κ3) is 3.51. The van der Waals surface area contributed by atoms with Crippen LogP contribution in [0.4, 0.5) is 0 Å². The van der Waals surface area contributed by atoms with Gasteiger partial charge in [0.15, 0.2) is 9.84 Å². The molecule has 21 heavy (non-hydrogen) atoms. The third-order valence-electron chi connectivity index (χ3n) is 3.07. The number of hydrogen-bond donors (Lipinski definition) is 1. The molecule has 0 aliphatic carbocycles. The Kier molecular flexibility index (Phi) is 4.49. The number of benzene rings is 2. The Labute approximate surface area is 131 Å². The van der Waals surface area contributed by atoms with Gasteiger partial charge in [-0.05, 0) is 36.2 Å². The molecule has 2 aromatic carbocycles. The lowest BCUT2D eigenvalue weighted by Crippen LogP contribution is -2.09. The van der Waals surface area contributed by atoms with E-state index in [4.69, 9.17) is 5.11 Å². The zero-order valence-electron chi connectivity index (χ0n) is 11.2. The number of rotatable bonds is 4. The van der Waals surface area contributed by atoms with Gasteiger partial charge in [-0.1, -0.05) is 40.2 Å².